The second-order valence-electron chi connectivity index (χ2n) is 1.43. The van der Waals surface area contributed by atoms with Crippen LogP contribution >= 0.6 is 0 Å². The third-order valence-corrected chi connectivity index (χ3v) is 0.783. The van der Waals surface area contributed by atoms with Crippen LogP contribution in [-0.4, -0.2) is 19.3 Å². The highest BCUT2D eigenvalue weighted by molar-refractivity contribution is 5.02. The number of nitrogens with one attached hydrogen (secondary N) is 1. The van der Waals surface area contributed by atoms with Gasteiger partial charge < -0.3 is 0 Å². The van der Waals surface area contributed by atoms with Crippen LogP contribution in [0, 0.1) is 12.3 Å². The van der Waals surface area contributed by atoms with Gasteiger partial charge in [-0.2, -0.15) is 13.2 Å². The van der Waals surface area contributed by atoms with Crippen LogP contribution in [0.4, 0.5) is 13.2 Å². The van der Waals surface area contributed by atoms with Crippen molar-refractivity contribution in [2.75, 3.05) is 7.05 Å². The Kier molecular flexibility index (Phi) is 2.53. The molecule has 1 unspecified atom stereocenters. The first-order chi connectivity index (χ1) is 4.02. The number of halogens is 3. The largest absolute Gasteiger partial charge is 0.415 e. The van der Waals surface area contributed by atoms with Gasteiger partial charge >= 0.3 is 6.18 Å². The van der Waals surface area contributed by atoms with Gasteiger partial charge in [0.15, 0.2) is 6.04 Å². The van der Waals surface area contributed by atoms with E-state index in [-0.39, 0.29) is 0 Å². The Morgan fingerprint density at radius 1 is 1.56 bits per heavy atom. The van der Waals surface area contributed by atoms with E-state index in [0.29, 0.717) is 0 Å². The summed E-state index contributed by atoms with van der Waals surface area (Å²) < 4.78 is 34.5. The first-order valence-corrected chi connectivity index (χ1v) is 2.22. The monoisotopic (exact) mass is 137 g/mol. The molecule has 0 amide bonds. The van der Waals surface area contributed by atoms with Gasteiger partial charge in [-0.15, -0.1) is 6.42 Å². The van der Waals surface area contributed by atoms with Gasteiger partial charge in [-0.1, -0.05) is 5.92 Å². The smallest absolute Gasteiger partial charge is 0.299 e. The third kappa shape index (κ3) is 2.38. The van der Waals surface area contributed by atoms with Crippen molar-refractivity contribution >= 4 is 0 Å². The molecule has 4 heteroatoms. The summed E-state index contributed by atoms with van der Waals surface area (Å²) in [5.41, 5.74) is 0. The molecule has 1 N–H and O–H groups in total. The summed E-state index contributed by atoms with van der Waals surface area (Å²) in [5, 5.41) is 1.93. The van der Waals surface area contributed by atoms with E-state index in [1.807, 2.05) is 5.32 Å². The van der Waals surface area contributed by atoms with E-state index in [4.69, 9.17) is 0 Å². The Balaban J connectivity index is 4.00. The summed E-state index contributed by atoms with van der Waals surface area (Å²) in [6.07, 6.45) is 0.207. The zero-order valence-electron chi connectivity index (χ0n) is 4.79. The molecule has 0 spiro atoms. The maximum atomic E-state index is 11.5. The van der Waals surface area contributed by atoms with E-state index >= 15 is 0 Å². The SMILES string of the molecule is C#CC(NC)C(F)(F)F. The van der Waals surface area contributed by atoms with E-state index in [1.165, 1.54) is 0 Å². The summed E-state index contributed by atoms with van der Waals surface area (Å²) in [6.45, 7) is 0. The average molecular weight is 137 g/mol. The zero-order valence-corrected chi connectivity index (χ0v) is 4.79. The van der Waals surface area contributed by atoms with Gasteiger partial charge in [0.2, 0.25) is 0 Å². The first-order valence-electron chi connectivity index (χ1n) is 2.22. The molecule has 0 saturated heterocycles. The Morgan fingerprint density at radius 2 is 2.00 bits per heavy atom. The van der Waals surface area contributed by atoms with Crippen molar-refractivity contribution in [3.63, 3.8) is 0 Å². The van der Waals surface area contributed by atoms with Crippen molar-refractivity contribution in [3.05, 3.63) is 0 Å². The van der Waals surface area contributed by atoms with Crippen molar-refractivity contribution in [2.45, 2.75) is 12.2 Å². The van der Waals surface area contributed by atoms with E-state index in [1.54, 1.807) is 5.92 Å². The average Bonchev–Trinajstić information content (AvgIpc) is 1.65. The van der Waals surface area contributed by atoms with Crippen molar-refractivity contribution in [1.82, 2.24) is 5.32 Å². The minimum absolute atomic E-state index is 1.16. The second kappa shape index (κ2) is 2.74. The highest BCUT2D eigenvalue weighted by Crippen LogP contribution is 2.18. The van der Waals surface area contributed by atoms with Gasteiger partial charge in [0.1, 0.15) is 0 Å². The summed E-state index contributed by atoms with van der Waals surface area (Å²) in [4.78, 5) is 0. The van der Waals surface area contributed by atoms with Gasteiger partial charge in [-0.05, 0) is 7.05 Å². The van der Waals surface area contributed by atoms with Crippen LogP contribution in [0.2, 0.25) is 0 Å². The summed E-state index contributed by atoms with van der Waals surface area (Å²) in [5.74, 6) is 1.56. The molecule has 0 saturated carbocycles. The maximum absolute atomic E-state index is 11.5. The van der Waals surface area contributed by atoms with Crippen LogP contribution < -0.4 is 5.32 Å². The van der Waals surface area contributed by atoms with Crippen LogP contribution in [0.15, 0.2) is 0 Å². The van der Waals surface area contributed by atoms with Crippen molar-refractivity contribution < 1.29 is 13.2 Å². The third-order valence-electron chi connectivity index (χ3n) is 0.783. The predicted octanol–water partition coefficient (Wildman–Crippen LogP) is 0.770. The molecule has 9 heavy (non-hydrogen) atoms. The molecule has 0 aliphatic rings. The lowest BCUT2D eigenvalue weighted by Crippen LogP contribution is -2.38. The van der Waals surface area contributed by atoms with Gasteiger partial charge in [0.25, 0.3) is 0 Å². The predicted molar refractivity (Wildman–Crippen MR) is 27.7 cm³/mol. The molecular weight excluding hydrogens is 131 g/mol. The molecule has 0 radical (unpaired) electrons. The molecule has 0 aromatic carbocycles. The van der Waals surface area contributed by atoms with Crippen molar-refractivity contribution in [2.24, 2.45) is 0 Å². The fourth-order valence-electron chi connectivity index (χ4n) is 0.341. The molecular formula is C5H6F3N. The number of hydrogen-bond donors (Lipinski definition) is 1. The molecule has 0 aromatic heterocycles. The lowest BCUT2D eigenvalue weighted by atomic mass is 10.3. The Bertz CT molecular complexity index is 121. The lowest BCUT2D eigenvalue weighted by molar-refractivity contribution is -0.140. The lowest BCUT2D eigenvalue weighted by Gasteiger charge is -2.12. The fourth-order valence-corrected chi connectivity index (χ4v) is 0.341. The maximum Gasteiger partial charge on any atom is 0.415 e. The highest BCUT2D eigenvalue weighted by Gasteiger charge is 2.36. The molecule has 1 atom stereocenters. The number of terminal acetylenes is 1. The van der Waals surface area contributed by atoms with Crippen molar-refractivity contribution in [1.29, 1.82) is 0 Å². The summed E-state index contributed by atoms with van der Waals surface area (Å²) >= 11 is 0. The summed E-state index contributed by atoms with van der Waals surface area (Å²) in [6, 6.07) is -1.82. The quantitative estimate of drug-likeness (QED) is 0.526. The number of rotatable bonds is 1. The minimum Gasteiger partial charge on any atom is -0.299 e. The first kappa shape index (κ1) is 8.31. The number of alkyl halides is 3. The molecule has 0 rings (SSSR count). The molecule has 1 nitrogen and oxygen atoms in total. The van der Waals surface area contributed by atoms with E-state index in [9.17, 15) is 13.2 Å². The fraction of sp³-hybridized carbons (Fsp3) is 0.600. The van der Waals surface area contributed by atoms with Crippen LogP contribution in [0.5, 0.6) is 0 Å². The topological polar surface area (TPSA) is 12.0 Å². The normalized spacial score (nSPS) is 14.6. The van der Waals surface area contributed by atoms with Gasteiger partial charge in [-0.25, -0.2) is 0 Å². The molecule has 0 aliphatic carbocycles. The molecule has 0 fully saturated rings. The standard InChI is InChI=1S/C5H6F3N/c1-3-4(9-2)5(6,7)8/h1,4,9H,2H3. The van der Waals surface area contributed by atoms with Crippen LogP contribution in [0.1, 0.15) is 0 Å². The molecule has 0 aliphatic heterocycles. The zero-order chi connectivity index (χ0) is 7.49. The van der Waals surface area contributed by atoms with Crippen LogP contribution in [0.3, 0.4) is 0 Å². The Hall–Kier alpha value is -0.690. The van der Waals surface area contributed by atoms with Crippen molar-refractivity contribution in [3.8, 4) is 12.3 Å². The molecule has 52 valence electrons. The van der Waals surface area contributed by atoms with Crippen LogP contribution in [0.25, 0.3) is 0 Å². The van der Waals surface area contributed by atoms with E-state index < -0.39 is 12.2 Å². The highest BCUT2D eigenvalue weighted by atomic mass is 19.4. The summed E-state index contributed by atoms with van der Waals surface area (Å²) in [7, 11) is 1.16. The number of hydrogen-bond acceptors (Lipinski definition) is 1. The van der Waals surface area contributed by atoms with Gasteiger partial charge in [0, 0.05) is 0 Å². The van der Waals surface area contributed by atoms with Gasteiger partial charge in [0.05, 0.1) is 0 Å². The second-order valence-corrected chi connectivity index (χ2v) is 1.43. The Morgan fingerprint density at radius 3 is 2.00 bits per heavy atom. The van der Waals surface area contributed by atoms with E-state index in [0.717, 1.165) is 7.05 Å². The van der Waals surface area contributed by atoms with Crippen LogP contribution in [-0.2, 0) is 0 Å². The minimum atomic E-state index is -4.33. The van der Waals surface area contributed by atoms with E-state index in [2.05, 4.69) is 6.42 Å². The molecule has 0 aromatic rings. The molecule has 0 heterocycles. The molecule has 0 bridgehead atoms. The Labute approximate surface area is 51.2 Å². The van der Waals surface area contributed by atoms with Gasteiger partial charge in [-0.3, -0.25) is 5.32 Å².